The van der Waals surface area contributed by atoms with Gasteiger partial charge in [-0.1, -0.05) is 25.6 Å². The van der Waals surface area contributed by atoms with Crippen molar-refractivity contribution in [3.05, 3.63) is 10.4 Å². The zero-order chi connectivity index (χ0) is 17.2. The van der Waals surface area contributed by atoms with Gasteiger partial charge in [0.1, 0.15) is 10.6 Å². The zero-order valence-corrected chi connectivity index (χ0v) is 16.4. The van der Waals surface area contributed by atoms with E-state index in [2.05, 4.69) is 26.1 Å². The van der Waals surface area contributed by atoms with E-state index in [1.807, 2.05) is 0 Å². The predicted octanol–water partition coefficient (Wildman–Crippen LogP) is 4.10. The molecule has 0 fully saturated rings. The molecule has 1 atom stereocenters. The van der Waals surface area contributed by atoms with Crippen molar-refractivity contribution in [3.8, 4) is 0 Å². The van der Waals surface area contributed by atoms with E-state index in [0.29, 0.717) is 13.2 Å². The maximum absolute atomic E-state index is 6.10. The summed E-state index contributed by atoms with van der Waals surface area (Å²) in [5, 5.41) is 5.46. The van der Waals surface area contributed by atoms with Crippen molar-refractivity contribution in [3.63, 3.8) is 0 Å². The van der Waals surface area contributed by atoms with E-state index in [9.17, 15) is 0 Å². The largest absolute Gasteiger partial charge is 0.383 e. The SMILES string of the molecule is CCSc1nc(NCCOC)c2c3c(sc2n1)COC(C)(CC)C3. The Bertz CT molecular complexity index is 719. The molecule has 1 unspecified atom stereocenters. The molecule has 1 N–H and O–H groups in total. The summed E-state index contributed by atoms with van der Waals surface area (Å²) < 4.78 is 11.3. The molecular formula is C17H25N3O2S2. The van der Waals surface area contributed by atoms with Crippen LogP contribution < -0.4 is 5.32 Å². The van der Waals surface area contributed by atoms with Gasteiger partial charge in [-0.2, -0.15) is 0 Å². The monoisotopic (exact) mass is 367 g/mol. The molecule has 0 aliphatic carbocycles. The molecule has 2 aromatic rings. The van der Waals surface area contributed by atoms with E-state index in [-0.39, 0.29) is 5.60 Å². The third-order valence-electron chi connectivity index (χ3n) is 4.44. The van der Waals surface area contributed by atoms with Gasteiger partial charge in [0.2, 0.25) is 0 Å². The Morgan fingerprint density at radius 3 is 2.92 bits per heavy atom. The summed E-state index contributed by atoms with van der Waals surface area (Å²) in [5.41, 5.74) is 1.26. The Hall–Kier alpha value is -0.890. The van der Waals surface area contributed by atoms with Crippen LogP contribution in [0.5, 0.6) is 0 Å². The first-order valence-corrected chi connectivity index (χ1v) is 10.2. The molecule has 5 nitrogen and oxygen atoms in total. The van der Waals surface area contributed by atoms with E-state index in [1.165, 1.54) is 15.8 Å². The lowest BCUT2D eigenvalue weighted by Crippen LogP contribution is -2.34. The number of rotatable bonds is 7. The van der Waals surface area contributed by atoms with Gasteiger partial charge >= 0.3 is 0 Å². The van der Waals surface area contributed by atoms with Crippen LogP contribution in [0.3, 0.4) is 0 Å². The first-order chi connectivity index (χ1) is 11.6. The van der Waals surface area contributed by atoms with E-state index < -0.39 is 0 Å². The Balaban J connectivity index is 2.06. The number of aromatic nitrogens is 2. The number of nitrogens with zero attached hydrogens (tertiary/aromatic N) is 2. The van der Waals surface area contributed by atoms with Gasteiger partial charge in [0.15, 0.2) is 5.16 Å². The van der Waals surface area contributed by atoms with Crippen molar-refractivity contribution in [2.45, 2.75) is 51.0 Å². The fraction of sp³-hybridized carbons (Fsp3) is 0.647. The predicted molar refractivity (Wildman–Crippen MR) is 101 cm³/mol. The lowest BCUT2D eigenvalue weighted by atomic mass is 9.90. The van der Waals surface area contributed by atoms with Gasteiger partial charge in [-0.15, -0.1) is 11.3 Å². The van der Waals surface area contributed by atoms with Crippen LogP contribution in [0.1, 0.15) is 37.6 Å². The van der Waals surface area contributed by atoms with Crippen molar-refractivity contribution in [1.29, 1.82) is 0 Å². The van der Waals surface area contributed by atoms with Gasteiger partial charge < -0.3 is 14.8 Å². The number of hydrogen-bond acceptors (Lipinski definition) is 7. The number of hydrogen-bond donors (Lipinski definition) is 1. The highest BCUT2D eigenvalue weighted by Crippen LogP contribution is 2.42. The average molecular weight is 368 g/mol. The number of anilines is 1. The smallest absolute Gasteiger partial charge is 0.190 e. The molecule has 1 aliphatic heterocycles. The normalized spacial score (nSPS) is 20.3. The highest BCUT2D eigenvalue weighted by atomic mass is 32.2. The molecule has 24 heavy (non-hydrogen) atoms. The van der Waals surface area contributed by atoms with E-state index >= 15 is 0 Å². The first-order valence-electron chi connectivity index (χ1n) is 8.42. The second-order valence-corrected chi connectivity index (χ2v) is 8.48. The summed E-state index contributed by atoms with van der Waals surface area (Å²) >= 11 is 3.42. The second-order valence-electron chi connectivity index (χ2n) is 6.16. The second kappa shape index (κ2) is 7.56. The molecule has 1 aliphatic rings. The molecule has 0 aromatic carbocycles. The highest BCUT2D eigenvalue weighted by molar-refractivity contribution is 7.99. The van der Waals surface area contributed by atoms with Crippen molar-refractivity contribution >= 4 is 39.1 Å². The van der Waals surface area contributed by atoms with Crippen molar-refractivity contribution in [1.82, 2.24) is 9.97 Å². The molecule has 0 bridgehead atoms. The van der Waals surface area contributed by atoms with Crippen molar-refractivity contribution in [2.24, 2.45) is 0 Å². The quantitative estimate of drug-likeness (QED) is 0.452. The fourth-order valence-electron chi connectivity index (χ4n) is 2.87. The summed E-state index contributed by atoms with van der Waals surface area (Å²) in [7, 11) is 1.71. The van der Waals surface area contributed by atoms with Crippen molar-refractivity contribution < 1.29 is 9.47 Å². The summed E-state index contributed by atoms with van der Waals surface area (Å²) in [6.45, 7) is 8.57. The summed E-state index contributed by atoms with van der Waals surface area (Å²) in [4.78, 5) is 11.9. The third-order valence-corrected chi connectivity index (χ3v) is 6.26. The molecule has 0 amide bonds. The molecule has 2 aromatic heterocycles. The fourth-order valence-corrected chi connectivity index (χ4v) is 4.60. The topological polar surface area (TPSA) is 56.3 Å². The van der Waals surface area contributed by atoms with Crippen LogP contribution in [0.4, 0.5) is 5.82 Å². The molecule has 132 valence electrons. The van der Waals surface area contributed by atoms with Gasteiger partial charge in [-0.25, -0.2) is 9.97 Å². The van der Waals surface area contributed by atoms with Crippen LogP contribution in [0.2, 0.25) is 0 Å². The highest BCUT2D eigenvalue weighted by Gasteiger charge is 2.33. The van der Waals surface area contributed by atoms with Gasteiger partial charge in [-0.05, 0) is 24.7 Å². The summed E-state index contributed by atoms with van der Waals surface area (Å²) in [6.07, 6.45) is 1.92. The average Bonchev–Trinajstić information content (AvgIpc) is 2.93. The number of nitrogens with one attached hydrogen (secondary N) is 1. The Morgan fingerprint density at radius 2 is 2.21 bits per heavy atom. The Kier molecular flexibility index (Phi) is 5.64. The molecule has 0 spiro atoms. The maximum atomic E-state index is 6.10. The Morgan fingerprint density at radius 1 is 1.38 bits per heavy atom. The number of thioether (sulfide) groups is 1. The maximum Gasteiger partial charge on any atom is 0.190 e. The van der Waals surface area contributed by atoms with Crippen LogP contribution in [-0.4, -0.2) is 41.6 Å². The van der Waals surface area contributed by atoms with Crippen LogP contribution in [0.15, 0.2) is 5.16 Å². The standard InChI is InChI=1S/C17H25N3O2S2/c1-5-17(3)9-11-12(10-22-17)24-15-13(11)14(18-7-8-21-4)19-16(20-15)23-6-2/h5-10H2,1-4H3,(H,18,19,20). The Labute approximate surface area is 151 Å². The minimum absolute atomic E-state index is 0.0956. The number of methoxy groups -OCH3 is 1. The lowest BCUT2D eigenvalue weighted by molar-refractivity contribution is -0.0542. The van der Waals surface area contributed by atoms with Crippen LogP contribution in [0.25, 0.3) is 10.2 Å². The molecule has 0 saturated heterocycles. The molecule has 0 radical (unpaired) electrons. The van der Waals surface area contributed by atoms with Crippen LogP contribution in [0, 0.1) is 0 Å². The number of ether oxygens (including phenoxy) is 2. The molecule has 7 heteroatoms. The van der Waals surface area contributed by atoms with E-state index in [4.69, 9.17) is 19.4 Å². The minimum Gasteiger partial charge on any atom is -0.383 e. The molecule has 3 rings (SSSR count). The van der Waals surface area contributed by atoms with E-state index in [1.54, 1.807) is 30.2 Å². The zero-order valence-electron chi connectivity index (χ0n) is 14.8. The van der Waals surface area contributed by atoms with E-state index in [0.717, 1.165) is 40.9 Å². The van der Waals surface area contributed by atoms with Crippen LogP contribution in [-0.2, 0) is 22.5 Å². The number of thiophene rings is 1. The van der Waals surface area contributed by atoms with Gasteiger partial charge in [0, 0.05) is 25.0 Å². The molecular weight excluding hydrogens is 342 g/mol. The van der Waals surface area contributed by atoms with Gasteiger partial charge in [0.05, 0.1) is 24.2 Å². The van der Waals surface area contributed by atoms with Crippen molar-refractivity contribution in [2.75, 3.05) is 31.3 Å². The van der Waals surface area contributed by atoms with Crippen LogP contribution >= 0.6 is 23.1 Å². The third kappa shape index (κ3) is 3.54. The van der Waals surface area contributed by atoms with Gasteiger partial charge in [-0.3, -0.25) is 0 Å². The lowest BCUT2D eigenvalue weighted by Gasteiger charge is -2.33. The first kappa shape index (κ1) is 17.9. The summed E-state index contributed by atoms with van der Waals surface area (Å²) in [5.74, 6) is 1.90. The number of fused-ring (bicyclic) bond motifs is 3. The minimum atomic E-state index is -0.0956. The summed E-state index contributed by atoms with van der Waals surface area (Å²) in [6, 6.07) is 0. The van der Waals surface area contributed by atoms with Gasteiger partial charge in [0.25, 0.3) is 0 Å². The molecule has 0 saturated carbocycles. The molecule has 3 heterocycles.